The van der Waals surface area contributed by atoms with E-state index in [9.17, 15) is 13.2 Å². The molecule has 2 aliphatic rings. The summed E-state index contributed by atoms with van der Waals surface area (Å²) >= 11 is 0. The first-order chi connectivity index (χ1) is 13.8. The number of carboxylic acid groups (broad SMARTS) is 1. The maximum absolute atomic E-state index is 12.9. The van der Waals surface area contributed by atoms with E-state index in [0.29, 0.717) is 25.7 Å². The molecule has 1 heterocycles. The number of rotatable bonds is 5. The molecule has 1 atom stereocenters. The van der Waals surface area contributed by atoms with Gasteiger partial charge in [0, 0.05) is 18.8 Å². The molecule has 0 aromatic heterocycles. The van der Waals surface area contributed by atoms with E-state index in [0.717, 1.165) is 17.7 Å². The zero-order chi connectivity index (χ0) is 20.6. The van der Waals surface area contributed by atoms with Crippen LogP contribution in [0.5, 0.6) is 0 Å². The Morgan fingerprint density at radius 2 is 1.76 bits per heavy atom. The second kappa shape index (κ2) is 7.80. The van der Waals surface area contributed by atoms with E-state index in [1.807, 2.05) is 31.3 Å². The Morgan fingerprint density at radius 1 is 1.07 bits per heavy atom. The standard InChI is InChI=1S/C22H26N2O4S/c1-24-20(15-5-3-2-4-6-15)13-17-9-12-19(14-21(17)24)29(27,28)23-18-10-7-16(8-11-18)22(25)26/h2-6,9,12,14,16,18,20,23H,7-8,10-11,13H2,1H3,(H,25,26)/t16-,18-,20?. The van der Waals surface area contributed by atoms with Gasteiger partial charge in [-0.2, -0.15) is 0 Å². The predicted octanol–water partition coefficient (Wildman–Crippen LogP) is 3.34. The number of carbonyl (C=O) groups is 1. The smallest absolute Gasteiger partial charge is 0.306 e. The van der Waals surface area contributed by atoms with E-state index in [-0.39, 0.29) is 22.9 Å². The van der Waals surface area contributed by atoms with Crippen LogP contribution in [0.3, 0.4) is 0 Å². The SMILES string of the molecule is CN1c2cc(S(=O)(=O)N[C@H]3CC[C@H](C(=O)O)CC3)ccc2CC1c1ccccc1. The largest absolute Gasteiger partial charge is 0.481 e. The molecule has 1 aliphatic heterocycles. The normalized spacial score (nSPS) is 24.3. The minimum absolute atomic E-state index is 0.198. The summed E-state index contributed by atoms with van der Waals surface area (Å²) in [6.45, 7) is 0. The number of carboxylic acids is 1. The summed E-state index contributed by atoms with van der Waals surface area (Å²) in [5.41, 5.74) is 3.29. The molecule has 0 bridgehead atoms. The van der Waals surface area contributed by atoms with Crippen molar-refractivity contribution in [3.63, 3.8) is 0 Å². The molecule has 0 amide bonds. The number of sulfonamides is 1. The summed E-state index contributed by atoms with van der Waals surface area (Å²) in [6, 6.07) is 15.5. The van der Waals surface area contributed by atoms with Crippen LogP contribution in [0.4, 0.5) is 5.69 Å². The maximum atomic E-state index is 12.9. The van der Waals surface area contributed by atoms with Crippen molar-refractivity contribution in [2.45, 2.75) is 49.1 Å². The van der Waals surface area contributed by atoms with Crippen molar-refractivity contribution < 1.29 is 18.3 Å². The van der Waals surface area contributed by atoms with E-state index in [2.05, 4.69) is 21.8 Å². The lowest BCUT2D eigenvalue weighted by Gasteiger charge is -2.27. The van der Waals surface area contributed by atoms with Crippen LogP contribution < -0.4 is 9.62 Å². The van der Waals surface area contributed by atoms with E-state index < -0.39 is 16.0 Å². The number of likely N-dealkylation sites (N-methyl/N-ethyl adjacent to an activating group) is 1. The predicted molar refractivity (Wildman–Crippen MR) is 111 cm³/mol. The van der Waals surface area contributed by atoms with Crippen molar-refractivity contribution in [2.75, 3.05) is 11.9 Å². The fourth-order valence-electron chi connectivity index (χ4n) is 4.49. The van der Waals surface area contributed by atoms with Crippen molar-refractivity contribution >= 4 is 21.7 Å². The molecule has 1 aliphatic carbocycles. The molecule has 1 saturated carbocycles. The van der Waals surface area contributed by atoms with Crippen LogP contribution in [0.15, 0.2) is 53.4 Å². The Balaban J connectivity index is 1.50. The Hall–Kier alpha value is -2.38. The lowest BCUT2D eigenvalue weighted by Crippen LogP contribution is -2.38. The summed E-state index contributed by atoms with van der Waals surface area (Å²) in [6.07, 6.45) is 2.97. The monoisotopic (exact) mass is 414 g/mol. The highest BCUT2D eigenvalue weighted by Gasteiger charge is 2.31. The lowest BCUT2D eigenvalue weighted by atomic mass is 9.87. The topological polar surface area (TPSA) is 86.7 Å². The van der Waals surface area contributed by atoms with Gasteiger partial charge in [0.15, 0.2) is 0 Å². The number of nitrogens with one attached hydrogen (secondary N) is 1. The number of anilines is 1. The highest BCUT2D eigenvalue weighted by Crippen LogP contribution is 2.40. The van der Waals surface area contributed by atoms with E-state index in [4.69, 9.17) is 5.11 Å². The molecule has 4 rings (SSSR count). The second-order valence-corrected chi connectivity index (χ2v) is 9.75. The van der Waals surface area contributed by atoms with Crippen molar-refractivity contribution in [2.24, 2.45) is 5.92 Å². The van der Waals surface area contributed by atoms with Gasteiger partial charge in [-0.1, -0.05) is 36.4 Å². The highest BCUT2D eigenvalue weighted by atomic mass is 32.2. The second-order valence-electron chi connectivity index (χ2n) is 8.04. The van der Waals surface area contributed by atoms with Crippen LogP contribution in [0.25, 0.3) is 0 Å². The third-order valence-corrected chi connectivity index (χ3v) is 7.73. The van der Waals surface area contributed by atoms with Crippen molar-refractivity contribution in [1.29, 1.82) is 0 Å². The molecule has 7 heteroatoms. The first kappa shape index (κ1) is 19.9. The van der Waals surface area contributed by atoms with Crippen molar-refractivity contribution in [3.8, 4) is 0 Å². The summed E-state index contributed by atoms with van der Waals surface area (Å²) in [7, 11) is -1.65. The van der Waals surface area contributed by atoms with Gasteiger partial charge in [0.05, 0.1) is 16.9 Å². The molecular weight excluding hydrogens is 388 g/mol. The minimum atomic E-state index is -3.65. The molecular formula is C22H26N2O4S. The average Bonchev–Trinajstić information content (AvgIpc) is 3.05. The van der Waals surface area contributed by atoms with Crippen LogP contribution in [0.1, 0.15) is 42.9 Å². The molecule has 2 N–H and O–H groups in total. The average molecular weight is 415 g/mol. The zero-order valence-corrected chi connectivity index (χ0v) is 17.2. The number of fused-ring (bicyclic) bond motifs is 1. The van der Waals surface area contributed by atoms with Crippen molar-refractivity contribution in [1.82, 2.24) is 4.72 Å². The van der Waals surface area contributed by atoms with Gasteiger partial charge in [0.1, 0.15) is 0 Å². The van der Waals surface area contributed by atoms with Crippen LogP contribution in [-0.4, -0.2) is 32.6 Å². The van der Waals surface area contributed by atoms with Gasteiger partial charge in [-0.3, -0.25) is 4.79 Å². The minimum Gasteiger partial charge on any atom is -0.481 e. The highest BCUT2D eigenvalue weighted by molar-refractivity contribution is 7.89. The molecule has 0 saturated heterocycles. The van der Waals surface area contributed by atoms with Crippen LogP contribution >= 0.6 is 0 Å². The number of aliphatic carboxylic acids is 1. The molecule has 1 unspecified atom stereocenters. The summed E-state index contributed by atoms with van der Waals surface area (Å²) in [5.74, 6) is -1.15. The quantitative estimate of drug-likeness (QED) is 0.784. The van der Waals surface area contributed by atoms with Gasteiger partial charge < -0.3 is 10.0 Å². The summed E-state index contributed by atoms with van der Waals surface area (Å²) in [5, 5.41) is 9.11. The molecule has 1 fully saturated rings. The first-order valence-corrected chi connectivity index (χ1v) is 11.5. The summed E-state index contributed by atoms with van der Waals surface area (Å²) < 4.78 is 28.6. The molecule has 2 aromatic carbocycles. The van der Waals surface area contributed by atoms with E-state index in [1.165, 1.54) is 5.56 Å². The zero-order valence-electron chi connectivity index (χ0n) is 16.4. The fourth-order valence-corrected chi connectivity index (χ4v) is 5.81. The Bertz CT molecular complexity index is 999. The number of hydrogen-bond donors (Lipinski definition) is 2. The number of benzene rings is 2. The molecule has 0 radical (unpaired) electrons. The van der Waals surface area contributed by atoms with Crippen LogP contribution in [0.2, 0.25) is 0 Å². The third kappa shape index (κ3) is 4.02. The van der Waals surface area contributed by atoms with Crippen LogP contribution in [0, 0.1) is 5.92 Å². The van der Waals surface area contributed by atoms with E-state index in [1.54, 1.807) is 12.1 Å². The van der Waals surface area contributed by atoms with Gasteiger partial charge >= 0.3 is 5.97 Å². The number of hydrogen-bond acceptors (Lipinski definition) is 4. The Morgan fingerprint density at radius 3 is 2.41 bits per heavy atom. The fraction of sp³-hybridized carbons (Fsp3) is 0.409. The van der Waals surface area contributed by atoms with Gasteiger partial charge in [0.2, 0.25) is 10.0 Å². The molecule has 6 nitrogen and oxygen atoms in total. The number of nitrogens with zero attached hydrogens (tertiary/aromatic N) is 1. The van der Waals surface area contributed by atoms with Gasteiger partial charge in [0.25, 0.3) is 0 Å². The van der Waals surface area contributed by atoms with Gasteiger partial charge in [-0.05, 0) is 55.4 Å². The van der Waals surface area contributed by atoms with Crippen LogP contribution in [-0.2, 0) is 21.2 Å². The maximum Gasteiger partial charge on any atom is 0.306 e. The Labute approximate surface area is 171 Å². The molecule has 154 valence electrons. The molecule has 29 heavy (non-hydrogen) atoms. The van der Waals surface area contributed by atoms with Crippen molar-refractivity contribution in [3.05, 3.63) is 59.7 Å². The van der Waals surface area contributed by atoms with E-state index >= 15 is 0 Å². The Kier molecular flexibility index (Phi) is 5.36. The molecule has 2 aromatic rings. The van der Waals surface area contributed by atoms with Gasteiger partial charge in [-0.25, -0.2) is 13.1 Å². The lowest BCUT2D eigenvalue weighted by molar-refractivity contribution is -0.142. The first-order valence-electron chi connectivity index (χ1n) is 10.0. The summed E-state index contributed by atoms with van der Waals surface area (Å²) in [4.78, 5) is 13.5. The third-order valence-electron chi connectivity index (χ3n) is 6.21. The molecule has 0 spiro atoms. The van der Waals surface area contributed by atoms with Gasteiger partial charge in [-0.15, -0.1) is 0 Å².